The smallest absolute Gasteiger partial charge is 0.224 e. The fourth-order valence-corrected chi connectivity index (χ4v) is 2.42. The number of hydrogen-bond acceptors (Lipinski definition) is 3. The summed E-state index contributed by atoms with van der Waals surface area (Å²) in [6, 6.07) is 0. The van der Waals surface area contributed by atoms with Crippen LogP contribution in [-0.4, -0.2) is 47.8 Å². The molecule has 1 aliphatic heterocycles. The third kappa shape index (κ3) is 5.28. The molecule has 1 unspecified atom stereocenters. The molecule has 112 valence electrons. The molecule has 19 heavy (non-hydrogen) atoms. The van der Waals surface area contributed by atoms with Crippen molar-refractivity contribution in [3.05, 3.63) is 0 Å². The van der Waals surface area contributed by atoms with Gasteiger partial charge in [-0.05, 0) is 40.5 Å². The van der Waals surface area contributed by atoms with E-state index in [9.17, 15) is 4.79 Å². The average molecular weight is 292 g/mol. The van der Waals surface area contributed by atoms with E-state index in [4.69, 9.17) is 21.1 Å². The van der Waals surface area contributed by atoms with Crippen molar-refractivity contribution in [2.75, 3.05) is 19.0 Å². The third-order valence-electron chi connectivity index (χ3n) is 3.18. The predicted molar refractivity (Wildman–Crippen MR) is 76.3 cm³/mol. The molecule has 5 heteroatoms. The average Bonchev–Trinajstić information content (AvgIpc) is 2.62. The minimum absolute atomic E-state index is 0.0330. The van der Waals surface area contributed by atoms with Crippen LogP contribution in [0.4, 0.5) is 0 Å². The zero-order valence-electron chi connectivity index (χ0n) is 12.4. The van der Waals surface area contributed by atoms with Crippen molar-refractivity contribution in [2.24, 2.45) is 0 Å². The normalized spacial score (nSPS) is 22.2. The zero-order chi connectivity index (χ0) is 14.5. The van der Waals surface area contributed by atoms with E-state index in [-0.39, 0.29) is 18.1 Å². The van der Waals surface area contributed by atoms with E-state index in [1.807, 2.05) is 32.6 Å². The number of nitrogens with zero attached hydrogens (tertiary/aromatic N) is 1. The Morgan fingerprint density at radius 1 is 1.47 bits per heavy atom. The maximum atomic E-state index is 12.2. The van der Waals surface area contributed by atoms with Gasteiger partial charge in [0.2, 0.25) is 5.91 Å². The maximum absolute atomic E-state index is 12.2. The fraction of sp³-hybridized carbons (Fsp3) is 0.929. The Morgan fingerprint density at radius 3 is 2.74 bits per heavy atom. The highest BCUT2D eigenvalue weighted by Crippen LogP contribution is 2.28. The molecule has 0 N–H and O–H groups in total. The molecule has 4 nitrogen and oxygen atoms in total. The number of carbonyl (C=O) groups excluding carboxylic acids is 1. The van der Waals surface area contributed by atoms with Gasteiger partial charge in [-0.1, -0.05) is 0 Å². The summed E-state index contributed by atoms with van der Waals surface area (Å²) in [7, 11) is 0. The van der Waals surface area contributed by atoms with Crippen LogP contribution in [-0.2, 0) is 14.3 Å². The lowest BCUT2D eigenvalue weighted by Crippen LogP contribution is -2.43. The lowest BCUT2D eigenvalue weighted by atomic mass is 10.2. The first-order chi connectivity index (χ1) is 8.86. The van der Waals surface area contributed by atoms with Gasteiger partial charge in [-0.15, -0.1) is 11.6 Å². The Hall–Kier alpha value is -0.320. The fourth-order valence-electron chi connectivity index (χ4n) is 2.23. The van der Waals surface area contributed by atoms with Crippen LogP contribution in [0.3, 0.4) is 0 Å². The summed E-state index contributed by atoms with van der Waals surface area (Å²) in [5.74, 6) is 0.750. The number of ether oxygens (including phenoxy) is 2. The maximum Gasteiger partial charge on any atom is 0.224 e. The van der Waals surface area contributed by atoms with E-state index >= 15 is 0 Å². The molecule has 1 rings (SSSR count). The van der Waals surface area contributed by atoms with Crippen molar-refractivity contribution in [3.63, 3.8) is 0 Å². The first-order valence-electron chi connectivity index (χ1n) is 7.02. The third-order valence-corrected chi connectivity index (χ3v) is 3.45. The second-order valence-electron chi connectivity index (χ2n) is 5.72. The summed E-state index contributed by atoms with van der Waals surface area (Å²) in [4.78, 5) is 14.0. The van der Waals surface area contributed by atoms with Gasteiger partial charge in [-0.25, -0.2) is 0 Å². The van der Waals surface area contributed by atoms with Gasteiger partial charge in [0.15, 0.2) is 0 Å². The van der Waals surface area contributed by atoms with Crippen LogP contribution < -0.4 is 0 Å². The molecule has 0 aromatic rings. The van der Waals surface area contributed by atoms with E-state index in [0.29, 0.717) is 25.5 Å². The number of amides is 1. The standard InChI is InChI=1S/C14H26ClNO3/c1-11(2)18-10-12-9-16(14(3,4)19-12)13(17)7-5-6-8-15/h11-12H,5-10H2,1-4H3. The largest absolute Gasteiger partial charge is 0.376 e. The Balaban J connectivity index is 2.46. The lowest BCUT2D eigenvalue weighted by Gasteiger charge is -2.29. The molecule has 0 spiro atoms. The highest BCUT2D eigenvalue weighted by atomic mass is 35.5. The first-order valence-corrected chi connectivity index (χ1v) is 7.56. The van der Waals surface area contributed by atoms with Crippen molar-refractivity contribution in [3.8, 4) is 0 Å². The Kier molecular flexibility index (Phi) is 6.57. The van der Waals surface area contributed by atoms with Crippen LogP contribution in [0.2, 0.25) is 0 Å². The van der Waals surface area contributed by atoms with E-state index in [1.54, 1.807) is 0 Å². The molecule has 0 saturated carbocycles. The van der Waals surface area contributed by atoms with Crippen molar-refractivity contribution in [1.29, 1.82) is 0 Å². The molecule has 0 aromatic heterocycles. The van der Waals surface area contributed by atoms with Crippen molar-refractivity contribution < 1.29 is 14.3 Å². The Morgan fingerprint density at radius 2 is 2.16 bits per heavy atom. The number of unbranched alkanes of at least 4 members (excludes halogenated alkanes) is 1. The van der Waals surface area contributed by atoms with Gasteiger partial charge in [0.1, 0.15) is 11.8 Å². The Bertz CT molecular complexity index is 294. The Labute approximate surface area is 121 Å². The van der Waals surface area contributed by atoms with Gasteiger partial charge in [-0.3, -0.25) is 4.79 Å². The van der Waals surface area contributed by atoms with Crippen LogP contribution in [0.5, 0.6) is 0 Å². The monoisotopic (exact) mass is 291 g/mol. The quantitative estimate of drug-likeness (QED) is 0.535. The molecule has 0 bridgehead atoms. The van der Waals surface area contributed by atoms with Gasteiger partial charge in [-0.2, -0.15) is 0 Å². The molecule has 1 atom stereocenters. The first kappa shape index (κ1) is 16.7. The summed E-state index contributed by atoms with van der Waals surface area (Å²) in [5.41, 5.74) is -0.539. The predicted octanol–water partition coefficient (Wildman–Crippen LogP) is 2.78. The summed E-state index contributed by atoms with van der Waals surface area (Å²) in [6.45, 7) is 9.00. The van der Waals surface area contributed by atoms with Crippen molar-refractivity contribution in [1.82, 2.24) is 4.90 Å². The van der Waals surface area contributed by atoms with Crippen LogP contribution >= 0.6 is 11.6 Å². The molecule has 1 aliphatic rings. The summed E-state index contributed by atoms with van der Waals surface area (Å²) in [5, 5.41) is 0. The molecule has 1 heterocycles. The molecular weight excluding hydrogens is 266 g/mol. The summed E-state index contributed by atoms with van der Waals surface area (Å²) in [6.07, 6.45) is 2.40. The molecule has 1 amide bonds. The van der Waals surface area contributed by atoms with E-state index in [0.717, 1.165) is 12.8 Å². The SMILES string of the molecule is CC(C)OCC1CN(C(=O)CCCCCl)C(C)(C)O1. The minimum atomic E-state index is -0.539. The minimum Gasteiger partial charge on any atom is -0.376 e. The molecule has 0 aliphatic carbocycles. The van der Waals surface area contributed by atoms with Gasteiger partial charge >= 0.3 is 0 Å². The van der Waals surface area contributed by atoms with Gasteiger partial charge in [0.05, 0.1) is 19.3 Å². The van der Waals surface area contributed by atoms with Gasteiger partial charge in [0, 0.05) is 12.3 Å². The molecule has 1 fully saturated rings. The highest BCUT2D eigenvalue weighted by molar-refractivity contribution is 6.17. The molecule has 0 radical (unpaired) electrons. The van der Waals surface area contributed by atoms with E-state index in [1.165, 1.54) is 0 Å². The molecular formula is C14H26ClNO3. The lowest BCUT2D eigenvalue weighted by molar-refractivity contribution is -0.147. The van der Waals surface area contributed by atoms with Gasteiger partial charge in [0.25, 0.3) is 0 Å². The topological polar surface area (TPSA) is 38.8 Å². The van der Waals surface area contributed by atoms with Crippen molar-refractivity contribution >= 4 is 17.5 Å². The number of alkyl halides is 1. The zero-order valence-corrected chi connectivity index (χ0v) is 13.2. The van der Waals surface area contributed by atoms with Crippen LogP contribution in [0.1, 0.15) is 47.0 Å². The van der Waals surface area contributed by atoms with Crippen LogP contribution in [0, 0.1) is 0 Å². The van der Waals surface area contributed by atoms with Crippen molar-refractivity contribution in [2.45, 2.75) is 64.9 Å². The number of carbonyl (C=O) groups is 1. The highest BCUT2D eigenvalue weighted by Gasteiger charge is 2.41. The number of rotatable bonds is 7. The van der Waals surface area contributed by atoms with Crippen LogP contribution in [0.25, 0.3) is 0 Å². The second-order valence-corrected chi connectivity index (χ2v) is 6.10. The van der Waals surface area contributed by atoms with E-state index < -0.39 is 5.72 Å². The molecule has 0 aromatic carbocycles. The number of hydrogen-bond donors (Lipinski definition) is 0. The summed E-state index contributed by atoms with van der Waals surface area (Å²) < 4.78 is 11.5. The van der Waals surface area contributed by atoms with Gasteiger partial charge < -0.3 is 14.4 Å². The van der Waals surface area contributed by atoms with Crippen LogP contribution in [0.15, 0.2) is 0 Å². The molecule has 1 saturated heterocycles. The van der Waals surface area contributed by atoms with E-state index in [2.05, 4.69) is 0 Å². The second kappa shape index (κ2) is 7.46. The number of halogens is 1. The summed E-state index contributed by atoms with van der Waals surface area (Å²) >= 11 is 5.63.